The van der Waals surface area contributed by atoms with E-state index in [0.29, 0.717) is 35.4 Å². The fourth-order valence-corrected chi connectivity index (χ4v) is 4.25. The molecule has 0 saturated carbocycles. The van der Waals surface area contributed by atoms with Crippen LogP contribution < -0.4 is 14.4 Å². The number of Topliss-reactive ketones (excluding diaryl/α,β-unsaturated/α-hetero) is 1. The molecule has 0 aromatic heterocycles. The predicted octanol–water partition coefficient (Wildman–Crippen LogP) is 4.88. The molecule has 6 nitrogen and oxygen atoms in total. The molecule has 0 aliphatic carbocycles. The fourth-order valence-electron chi connectivity index (χ4n) is 4.06. The van der Waals surface area contributed by atoms with Crippen LogP contribution in [-0.4, -0.2) is 30.0 Å². The van der Waals surface area contributed by atoms with Crippen LogP contribution in [0, 0.1) is 5.82 Å². The van der Waals surface area contributed by atoms with E-state index in [9.17, 15) is 19.1 Å². The quantitative estimate of drug-likeness (QED) is 0.339. The summed E-state index contributed by atoms with van der Waals surface area (Å²) in [7, 11) is 0. The van der Waals surface area contributed by atoms with Crippen LogP contribution in [0.3, 0.4) is 0 Å². The third-order valence-electron chi connectivity index (χ3n) is 5.55. The van der Waals surface area contributed by atoms with Crippen molar-refractivity contribution in [2.75, 3.05) is 18.1 Å². The zero-order chi connectivity index (χ0) is 23.1. The second-order valence-electron chi connectivity index (χ2n) is 7.53. The largest absolute Gasteiger partial charge is 0.507 e. The molecule has 3 aromatic carbocycles. The zero-order valence-corrected chi connectivity index (χ0v) is 17.9. The highest BCUT2D eigenvalue weighted by molar-refractivity contribution is 6.51. The maximum Gasteiger partial charge on any atom is 0.300 e. The number of aliphatic hydroxyl groups excluding tert-OH is 1. The summed E-state index contributed by atoms with van der Waals surface area (Å²) in [6.45, 7) is 0.738. The Balaban J connectivity index is 1.72. The number of aliphatic hydroxyl groups is 1. The summed E-state index contributed by atoms with van der Waals surface area (Å²) in [4.78, 5) is 27.4. The maximum atomic E-state index is 14.9. The van der Waals surface area contributed by atoms with Crippen LogP contribution in [0.25, 0.3) is 5.76 Å². The van der Waals surface area contributed by atoms with E-state index in [1.54, 1.807) is 36.4 Å². The fraction of sp³-hybridized carbons (Fsp3) is 0.120. The van der Waals surface area contributed by atoms with Gasteiger partial charge in [0.25, 0.3) is 11.7 Å². The Morgan fingerprint density at radius 2 is 1.73 bits per heavy atom. The van der Waals surface area contributed by atoms with Crippen LogP contribution in [0.5, 0.6) is 11.5 Å². The van der Waals surface area contributed by atoms with Crippen LogP contribution in [0.4, 0.5) is 10.1 Å². The Morgan fingerprint density at radius 3 is 2.48 bits per heavy atom. The predicted molar refractivity (Wildman–Crippen MR) is 120 cm³/mol. The molecule has 33 heavy (non-hydrogen) atoms. The molecule has 1 amide bonds. The maximum absolute atomic E-state index is 14.9. The van der Waals surface area contributed by atoms with Crippen LogP contribution in [0.1, 0.15) is 17.2 Å². The van der Waals surface area contributed by atoms with Gasteiger partial charge in [-0.2, -0.15) is 0 Å². The summed E-state index contributed by atoms with van der Waals surface area (Å²) in [6.07, 6.45) is 0. The lowest BCUT2D eigenvalue weighted by molar-refractivity contribution is -0.132. The highest BCUT2D eigenvalue weighted by Gasteiger charge is 2.47. The molecule has 5 rings (SSSR count). The van der Waals surface area contributed by atoms with Crippen molar-refractivity contribution in [1.29, 1.82) is 0 Å². The first-order valence-corrected chi connectivity index (χ1v) is 10.5. The lowest BCUT2D eigenvalue weighted by Crippen LogP contribution is -2.29. The number of anilines is 1. The average molecular weight is 466 g/mol. The third-order valence-corrected chi connectivity index (χ3v) is 5.78. The van der Waals surface area contributed by atoms with Gasteiger partial charge in [-0.3, -0.25) is 14.5 Å². The molecule has 1 unspecified atom stereocenters. The summed E-state index contributed by atoms with van der Waals surface area (Å²) in [5.74, 6) is -1.99. The Kier molecular flexibility index (Phi) is 5.26. The highest BCUT2D eigenvalue weighted by atomic mass is 35.5. The van der Waals surface area contributed by atoms with Gasteiger partial charge in [-0.1, -0.05) is 35.9 Å². The van der Waals surface area contributed by atoms with E-state index in [1.165, 1.54) is 30.3 Å². The number of halogens is 2. The van der Waals surface area contributed by atoms with Crippen LogP contribution in [0.2, 0.25) is 5.02 Å². The van der Waals surface area contributed by atoms with Gasteiger partial charge in [-0.05, 0) is 42.5 Å². The van der Waals surface area contributed by atoms with Crippen molar-refractivity contribution in [3.05, 3.63) is 94.3 Å². The number of hydrogen-bond acceptors (Lipinski definition) is 5. The molecule has 1 atom stereocenters. The van der Waals surface area contributed by atoms with Crippen molar-refractivity contribution in [3.63, 3.8) is 0 Å². The van der Waals surface area contributed by atoms with Gasteiger partial charge in [-0.15, -0.1) is 0 Å². The number of ketones is 1. The van der Waals surface area contributed by atoms with Crippen LogP contribution >= 0.6 is 11.6 Å². The topological polar surface area (TPSA) is 76.1 Å². The van der Waals surface area contributed by atoms with E-state index in [2.05, 4.69) is 0 Å². The number of rotatable bonds is 3. The second kappa shape index (κ2) is 8.26. The first-order chi connectivity index (χ1) is 16.0. The van der Waals surface area contributed by atoms with Gasteiger partial charge < -0.3 is 14.6 Å². The van der Waals surface area contributed by atoms with Crippen molar-refractivity contribution in [1.82, 2.24) is 0 Å². The molecule has 2 heterocycles. The van der Waals surface area contributed by atoms with E-state index in [4.69, 9.17) is 21.1 Å². The SMILES string of the molecule is O=C1C(=O)N(c2cccc(Cl)c2)C(c2ccccc2F)/C1=C(\O)c1ccc2c(c1)OCCO2. The second-order valence-corrected chi connectivity index (χ2v) is 7.97. The number of fused-ring (bicyclic) bond motifs is 1. The lowest BCUT2D eigenvalue weighted by Gasteiger charge is -2.26. The zero-order valence-electron chi connectivity index (χ0n) is 17.1. The van der Waals surface area contributed by atoms with Gasteiger partial charge in [0.15, 0.2) is 11.5 Å². The molecule has 0 bridgehead atoms. The summed E-state index contributed by atoms with van der Waals surface area (Å²) in [5.41, 5.74) is 0.376. The third kappa shape index (κ3) is 3.60. The average Bonchev–Trinajstić information content (AvgIpc) is 3.09. The monoisotopic (exact) mass is 465 g/mol. The van der Waals surface area contributed by atoms with Crippen molar-refractivity contribution in [3.8, 4) is 11.5 Å². The number of amides is 1. The Bertz CT molecular complexity index is 1320. The first-order valence-electron chi connectivity index (χ1n) is 10.2. The molecule has 1 N–H and O–H groups in total. The van der Waals surface area contributed by atoms with Crippen molar-refractivity contribution < 1.29 is 28.6 Å². The summed E-state index contributed by atoms with van der Waals surface area (Å²) < 4.78 is 26.0. The molecule has 0 radical (unpaired) electrons. The number of hydrogen-bond donors (Lipinski definition) is 1. The number of carbonyl (C=O) groups excluding carboxylic acids is 2. The number of carbonyl (C=O) groups is 2. The van der Waals surface area contributed by atoms with Gasteiger partial charge >= 0.3 is 0 Å². The van der Waals surface area contributed by atoms with E-state index in [-0.39, 0.29) is 16.7 Å². The van der Waals surface area contributed by atoms with Gasteiger partial charge in [0.1, 0.15) is 24.8 Å². The molecular weight excluding hydrogens is 449 g/mol. The molecule has 8 heteroatoms. The molecular formula is C25H17ClFNO5. The van der Waals surface area contributed by atoms with Gasteiger partial charge in [0, 0.05) is 21.8 Å². The molecule has 1 fully saturated rings. The van der Waals surface area contributed by atoms with Crippen molar-refractivity contribution in [2.45, 2.75) is 6.04 Å². The van der Waals surface area contributed by atoms with Gasteiger partial charge in [-0.25, -0.2) is 4.39 Å². The van der Waals surface area contributed by atoms with E-state index in [1.807, 2.05) is 0 Å². The minimum atomic E-state index is -1.20. The van der Waals surface area contributed by atoms with E-state index >= 15 is 0 Å². The Morgan fingerprint density at radius 1 is 0.970 bits per heavy atom. The first kappa shape index (κ1) is 21.0. The minimum absolute atomic E-state index is 0.0655. The highest BCUT2D eigenvalue weighted by Crippen LogP contribution is 2.44. The van der Waals surface area contributed by atoms with Crippen LogP contribution in [-0.2, 0) is 9.59 Å². The number of nitrogens with zero attached hydrogens (tertiary/aromatic N) is 1. The Labute approximate surface area is 193 Å². The minimum Gasteiger partial charge on any atom is -0.507 e. The number of ether oxygens (including phenoxy) is 2. The molecule has 3 aromatic rings. The van der Waals surface area contributed by atoms with E-state index < -0.39 is 29.3 Å². The summed E-state index contributed by atoms with van der Waals surface area (Å²) in [5, 5.41) is 11.5. The van der Waals surface area contributed by atoms with Gasteiger partial charge in [0.05, 0.1) is 11.6 Å². The normalized spacial score (nSPS) is 19.1. The molecule has 166 valence electrons. The molecule has 2 aliphatic heterocycles. The van der Waals surface area contributed by atoms with Crippen molar-refractivity contribution >= 4 is 34.7 Å². The summed E-state index contributed by atoms with van der Waals surface area (Å²) in [6, 6.07) is 15.6. The molecule has 0 spiro atoms. The number of benzene rings is 3. The smallest absolute Gasteiger partial charge is 0.300 e. The Hall–Kier alpha value is -3.84. The molecule has 2 aliphatic rings. The van der Waals surface area contributed by atoms with Crippen molar-refractivity contribution in [2.24, 2.45) is 0 Å². The lowest BCUT2D eigenvalue weighted by atomic mass is 9.94. The summed E-state index contributed by atoms with van der Waals surface area (Å²) >= 11 is 6.11. The van der Waals surface area contributed by atoms with Gasteiger partial charge in [0.2, 0.25) is 0 Å². The van der Waals surface area contributed by atoms with E-state index in [0.717, 1.165) is 4.90 Å². The van der Waals surface area contributed by atoms with Crippen LogP contribution in [0.15, 0.2) is 72.3 Å². The molecule has 1 saturated heterocycles. The standard InChI is InChI=1S/C25H17ClFNO5/c26-15-4-3-5-16(13-15)28-22(17-6-1-2-7-18(17)27)21(24(30)25(28)31)23(29)14-8-9-19-20(12-14)33-11-10-32-19/h1-9,12-13,22,29H,10-11H2/b23-21+.